The fourth-order valence-corrected chi connectivity index (χ4v) is 2.78. The van der Waals surface area contributed by atoms with Crippen LogP contribution in [-0.4, -0.2) is 40.6 Å². The molecule has 2 N–H and O–H groups in total. The van der Waals surface area contributed by atoms with E-state index in [1.165, 1.54) is 0 Å². The normalized spacial score (nSPS) is 25.7. The molecule has 2 fully saturated rings. The lowest BCUT2D eigenvalue weighted by molar-refractivity contribution is -0.157. The molecule has 8 heteroatoms. The second-order valence-corrected chi connectivity index (χ2v) is 5.19. The van der Waals surface area contributed by atoms with Crippen LogP contribution in [0.5, 0.6) is 0 Å². The van der Waals surface area contributed by atoms with Crippen molar-refractivity contribution in [3.8, 4) is 0 Å². The minimum Gasteiger partial charge on any atom is -0.295 e. The Hall–Kier alpha value is -2.25. The molecule has 0 saturated carbocycles. The SMILES string of the molecule is CCC1(CC)C(=O)NC(=O)N(C2CCC(=O)NC2=O)C1=O. The highest BCUT2D eigenvalue weighted by atomic mass is 16.2. The van der Waals surface area contributed by atoms with Crippen molar-refractivity contribution in [2.24, 2.45) is 5.41 Å². The zero-order valence-electron chi connectivity index (χ0n) is 11.9. The lowest BCUT2D eigenvalue weighted by Gasteiger charge is -2.41. The Morgan fingerprint density at radius 3 is 2.24 bits per heavy atom. The number of urea groups is 1. The van der Waals surface area contributed by atoms with Gasteiger partial charge >= 0.3 is 6.03 Å². The fraction of sp³-hybridized carbons (Fsp3) is 0.615. The number of hydrogen-bond donors (Lipinski definition) is 2. The van der Waals surface area contributed by atoms with Gasteiger partial charge in [-0.1, -0.05) is 13.8 Å². The van der Waals surface area contributed by atoms with Crippen molar-refractivity contribution in [2.75, 3.05) is 0 Å². The molecular formula is C13H17N3O5. The average molecular weight is 295 g/mol. The minimum atomic E-state index is -1.34. The molecule has 114 valence electrons. The van der Waals surface area contributed by atoms with Gasteiger partial charge in [-0.3, -0.25) is 34.7 Å². The average Bonchev–Trinajstić information content (AvgIpc) is 2.42. The van der Waals surface area contributed by atoms with E-state index in [4.69, 9.17) is 0 Å². The summed E-state index contributed by atoms with van der Waals surface area (Å²) in [7, 11) is 0. The van der Waals surface area contributed by atoms with Crippen LogP contribution in [0.15, 0.2) is 0 Å². The smallest absolute Gasteiger partial charge is 0.295 e. The van der Waals surface area contributed by atoms with E-state index in [-0.39, 0.29) is 25.7 Å². The van der Waals surface area contributed by atoms with Crippen LogP contribution in [0.4, 0.5) is 4.79 Å². The molecular weight excluding hydrogens is 278 g/mol. The Kier molecular flexibility index (Phi) is 3.80. The summed E-state index contributed by atoms with van der Waals surface area (Å²) in [6, 6.07) is -1.96. The topological polar surface area (TPSA) is 113 Å². The summed E-state index contributed by atoms with van der Waals surface area (Å²) in [5, 5.41) is 4.25. The third-order valence-electron chi connectivity index (χ3n) is 4.23. The van der Waals surface area contributed by atoms with Gasteiger partial charge < -0.3 is 0 Å². The van der Waals surface area contributed by atoms with Crippen LogP contribution in [0.1, 0.15) is 39.5 Å². The van der Waals surface area contributed by atoms with Crippen LogP contribution in [0.3, 0.4) is 0 Å². The lowest BCUT2D eigenvalue weighted by atomic mass is 9.78. The zero-order chi connectivity index (χ0) is 15.8. The van der Waals surface area contributed by atoms with Gasteiger partial charge in [0.2, 0.25) is 23.6 Å². The third-order valence-corrected chi connectivity index (χ3v) is 4.23. The third kappa shape index (κ3) is 2.20. The number of nitrogens with one attached hydrogen (secondary N) is 2. The summed E-state index contributed by atoms with van der Waals surface area (Å²) in [4.78, 5) is 60.5. The Bertz CT molecular complexity index is 538. The zero-order valence-corrected chi connectivity index (χ0v) is 11.9. The number of imide groups is 3. The molecule has 2 rings (SSSR count). The predicted octanol–water partition coefficient (Wildman–Crippen LogP) is -0.324. The molecule has 1 unspecified atom stereocenters. The van der Waals surface area contributed by atoms with Crippen molar-refractivity contribution >= 4 is 29.7 Å². The van der Waals surface area contributed by atoms with Crippen LogP contribution in [-0.2, 0) is 19.2 Å². The maximum Gasteiger partial charge on any atom is 0.331 e. The number of amides is 6. The molecule has 0 aromatic heterocycles. The summed E-state index contributed by atoms with van der Waals surface area (Å²) < 4.78 is 0. The van der Waals surface area contributed by atoms with E-state index in [1.807, 2.05) is 0 Å². The van der Waals surface area contributed by atoms with Crippen molar-refractivity contribution in [1.82, 2.24) is 15.5 Å². The molecule has 0 spiro atoms. The largest absolute Gasteiger partial charge is 0.331 e. The van der Waals surface area contributed by atoms with E-state index >= 15 is 0 Å². The molecule has 0 aromatic carbocycles. The molecule has 6 amide bonds. The number of carbonyl (C=O) groups is 5. The van der Waals surface area contributed by atoms with Gasteiger partial charge in [-0.15, -0.1) is 0 Å². The van der Waals surface area contributed by atoms with E-state index in [0.717, 1.165) is 4.90 Å². The Balaban J connectivity index is 2.36. The Labute approximate surface area is 121 Å². The first-order valence-electron chi connectivity index (χ1n) is 6.90. The number of nitrogens with zero attached hydrogens (tertiary/aromatic N) is 1. The minimum absolute atomic E-state index is 0.0483. The van der Waals surface area contributed by atoms with Gasteiger partial charge in [-0.2, -0.15) is 0 Å². The maximum absolute atomic E-state index is 12.6. The first-order chi connectivity index (χ1) is 9.87. The van der Waals surface area contributed by atoms with Gasteiger partial charge in [-0.25, -0.2) is 4.79 Å². The standard InChI is InChI=1S/C13H17N3O5/c1-3-13(4-2)10(19)15-12(21)16(11(13)20)7-5-6-8(17)14-9(7)18/h7H,3-6H2,1-2H3,(H,14,17,18)(H,15,19,21). The molecule has 2 aliphatic heterocycles. The van der Waals surface area contributed by atoms with Crippen molar-refractivity contribution in [1.29, 1.82) is 0 Å². The lowest BCUT2D eigenvalue weighted by Crippen LogP contribution is -2.68. The molecule has 2 heterocycles. The van der Waals surface area contributed by atoms with Gasteiger partial charge in [0, 0.05) is 6.42 Å². The first-order valence-corrected chi connectivity index (χ1v) is 6.90. The van der Waals surface area contributed by atoms with Crippen LogP contribution in [0.2, 0.25) is 0 Å². The number of barbiturate groups is 1. The monoisotopic (exact) mass is 295 g/mol. The van der Waals surface area contributed by atoms with Crippen molar-refractivity contribution in [3.05, 3.63) is 0 Å². The molecule has 2 saturated heterocycles. The highest BCUT2D eigenvalue weighted by Gasteiger charge is 2.54. The molecule has 2 aliphatic rings. The van der Waals surface area contributed by atoms with E-state index in [9.17, 15) is 24.0 Å². The number of piperidine rings is 1. The molecule has 21 heavy (non-hydrogen) atoms. The molecule has 0 bridgehead atoms. The Morgan fingerprint density at radius 1 is 1.10 bits per heavy atom. The van der Waals surface area contributed by atoms with E-state index in [2.05, 4.69) is 10.6 Å². The van der Waals surface area contributed by atoms with Crippen molar-refractivity contribution < 1.29 is 24.0 Å². The summed E-state index contributed by atoms with van der Waals surface area (Å²) in [6.07, 6.45) is 0.574. The summed E-state index contributed by atoms with van der Waals surface area (Å²) >= 11 is 0. The summed E-state index contributed by atoms with van der Waals surface area (Å²) in [5.41, 5.74) is -1.34. The van der Waals surface area contributed by atoms with Crippen LogP contribution in [0.25, 0.3) is 0 Å². The van der Waals surface area contributed by atoms with E-state index in [0.29, 0.717) is 0 Å². The Morgan fingerprint density at radius 2 is 1.71 bits per heavy atom. The highest BCUT2D eigenvalue weighted by Crippen LogP contribution is 2.34. The second kappa shape index (κ2) is 5.27. The molecule has 0 aliphatic carbocycles. The number of rotatable bonds is 3. The van der Waals surface area contributed by atoms with Crippen LogP contribution < -0.4 is 10.6 Å². The number of carbonyl (C=O) groups excluding carboxylic acids is 5. The summed E-state index contributed by atoms with van der Waals surface area (Å²) in [5.74, 6) is -2.43. The van der Waals surface area contributed by atoms with Gasteiger partial charge in [0.1, 0.15) is 11.5 Å². The predicted molar refractivity (Wildman–Crippen MR) is 69.6 cm³/mol. The fourth-order valence-electron chi connectivity index (χ4n) is 2.78. The van der Waals surface area contributed by atoms with Crippen molar-refractivity contribution in [3.63, 3.8) is 0 Å². The molecule has 0 aromatic rings. The maximum atomic E-state index is 12.6. The van der Waals surface area contributed by atoms with Crippen molar-refractivity contribution in [2.45, 2.75) is 45.6 Å². The van der Waals surface area contributed by atoms with E-state index in [1.54, 1.807) is 13.8 Å². The van der Waals surface area contributed by atoms with Gasteiger partial charge in [-0.05, 0) is 19.3 Å². The van der Waals surface area contributed by atoms with E-state index < -0.39 is 41.1 Å². The van der Waals surface area contributed by atoms with Gasteiger partial charge in [0.25, 0.3) is 0 Å². The number of hydrogen-bond acceptors (Lipinski definition) is 5. The highest BCUT2D eigenvalue weighted by molar-refractivity contribution is 6.20. The van der Waals surface area contributed by atoms with Crippen LogP contribution >= 0.6 is 0 Å². The van der Waals surface area contributed by atoms with Crippen LogP contribution in [0, 0.1) is 5.41 Å². The molecule has 1 atom stereocenters. The first kappa shape index (κ1) is 15.1. The second-order valence-electron chi connectivity index (χ2n) is 5.19. The van der Waals surface area contributed by atoms with Gasteiger partial charge in [0.15, 0.2) is 0 Å². The molecule has 0 radical (unpaired) electrons. The molecule has 8 nitrogen and oxygen atoms in total. The summed E-state index contributed by atoms with van der Waals surface area (Å²) in [6.45, 7) is 3.36. The quantitative estimate of drug-likeness (QED) is 0.547. The van der Waals surface area contributed by atoms with Gasteiger partial charge in [0.05, 0.1) is 0 Å².